The van der Waals surface area contributed by atoms with Gasteiger partial charge >= 0.3 is 0 Å². The first-order valence-corrected chi connectivity index (χ1v) is 6.96. The highest BCUT2D eigenvalue weighted by Crippen LogP contribution is 2.17. The molecule has 0 aliphatic carbocycles. The average molecular weight is 265 g/mol. The van der Waals surface area contributed by atoms with Crippen LogP contribution in [0.3, 0.4) is 0 Å². The summed E-state index contributed by atoms with van der Waals surface area (Å²) in [5, 5.41) is 13.5. The summed E-state index contributed by atoms with van der Waals surface area (Å²) in [7, 11) is 0. The van der Waals surface area contributed by atoms with Gasteiger partial charge in [0, 0.05) is 11.6 Å². The lowest BCUT2D eigenvalue weighted by atomic mass is 10.0. The Hall–Kier alpha value is -1.31. The van der Waals surface area contributed by atoms with E-state index in [1.165, 1.54) is 11.3 Å². The van der Waals surface area contributed by atoms with E-state index in [9.17, 15) is 4.79 Å². The number of carbonyl (C=O) groups is 1. The van der Waals surface area contributed by atoms with E-state index in [4.69, 9.17) is 5.11 Å². The van der Waals surface area contributed by atoms with Crippen LogP contribution in [0.2, 0.25) is 0 Å². The Balaban J connectivity index is 2.81. The molecule has 0 aliphatic rings. The molecule has 0 fully saturated rings. The van der Waals surface area contributed by atoms with Crippen LogP contribution in [0.1, 0.15) is 42.4 Å². The fourth-order valence-corrected chi connectivity index (χ4v) is 2.44. The quantitative estimate of drug-likeness (QED) is 0.820. The molecule has 0 radical (unpaired) electrons. The second-order valence-corrected chi connectivity index (χ2v) is 5.27. The normalized spacial score (nSPS) is 11.8. The third kappa shape index (κ3) is 3.86. The van der Waals surface area contributed by atoms with E-state index < -0.39 is 0 Å². The monoisotopic (exact) mass is 265 g/mol. The first-order chi connectivity index (χ1) is 8.60. The Morgan fingerprint density at radius 3 is 2.83 bits per heavy atom. The van der Waals surface area contributed by atoms with Gasteiger partial charge in [0.15, 0.2) is 0 Å². The molecule has 1 rings (SSSR count). The molecule has 1 unspecified atom stereocenters. The number of amides is 1. The van der Waals surface area contributed by atoms with Crippen molar-refractivity contribution in [2.75, 3.05) is 6.61 Å². The molecule has 1 aromatic rings. The highest BCUT2D eigenvalue weighted by molar-refractivity contribution is 7.12. The van der Waals surface area contributed by atoms with E-state index in [-0.39, 0.29) is 18.6 Å². The molecule has 1 heterocycles. The number of hydrogen-bond acceptors (Lipinski definition) is 3. The largest absolute Gasteiger partial charge is 0.384 e. The van der Waals surface area contributed by atoms with E-state index in [0.29, 0.717) is 16.4 Å². The molecular weight excluding hydrogens is 246 g/mol. The number of nitrogens with one attached hydrogen (secondary N) is 1. The van der Waals surface area contributed by atoms with Crippen molar-refractivity contribution in [2.24, 2.45) is 5.92 Å². The van der Waals surface area contributed by atoms with Crippen LogP contribution in [0.15, 0.2) is 11.4 Å². The van der Waals surface area contributed by atoms with Gasteiger partial charge in [-0.3, -0.25) is 4.79 Å². The topological polar surface area (TPSA) is 49.3 Å². The molecular formula is C14H19NO2S. The zero-order valence-corrected chi connectivity index (χ0v) is 11.8. The van der Waals surface area contributed by atoms with Crippen molar-refractivity contribution in [1.82, 2.24) is 5.32 Å². The van der Waals surface area contributed by atoms with Crippen LogP contribution < -0.4 is 5.32 Å². The molecule has 0 spiro atoms. The van der Waals surface area contributed by atoms with Crippen molar-refractivity contribution in [3.63, 3.8) is 0 Å². The minimum absolute atomic E-state index is 0.0761. The van der Waals surface area contributed by atoms with Gasteiger partial charge in [-0.15, -0.1) is 11.3 Å². The molecule has 0 saturated heterocycles. The predicted molar refractivity (Wildman–Crippen MR) is 74.7 cm³/mol. The maximum Gasteiger partial charge on any atom is 0.262 e. The lowest BCUT2D eigenvalue weighted by molar-refractivity contribution is 0.0928. The highest BCUT2D eigenvalue weighted by Gasteiger charge is 2.18. The summed E-state index contributed by atoms with van der Waals surface area (Å²) in [6, 6.07) is 1.98. The standard InChI is InChI=1S/C14H19NO2S/c1-4-12(10(2)3)15-14(17)13-11(6-5-8-16)7-9-18-13/h7,9-10,12,16H,4,8H2,1-3H3,(H,15,17). The highest BCUT2D eigenvalue weighted by atomic mass is 32.1. The Bertz CT molecular complexity index is 454. The van der Waals surface area contributed by atoms with Gasteiger partial charge in [-0.25, -0.2) is 0 Å². The first kappa shape index (κ1) is 14.7. The summed E-state index contributed by atoms with van der Waals surface area (Å²) in [4.78, 5) is 12.8. The SMILES string of the molecule is CCC(NC(=O)c1sccc1C#CCO)C(C)C. The third-order valence-electron chi connectivity index (χ3n) is 2.73. The number of hydrogen-bond donors (Lipinski definition) is 2. The van der Waals surface area contributed by atoms with Crippen LogP contribution in [-0.4, -0.2) is 23.7 Å². The fourth-order valence-electron chi connectivity index (χ4n) is 1.69. The predicted octanol–water partition coefficient (Wildman–Crippen LogP) is 2.26. The van der Waals surface area contributed by atoms with Crippen LogP contribution in [-0.2, 0) is 0 Å². The second kappa shape index (κ2) is 7.20. The molecule has 1 atom stereocenters. The van der Waals surface area contributed by atoms with Gasteiger partial charge in [-0.2, -0.15) is 0 Å². The molecule has 3 nitrogen and oxygen atoms in total. The van der Waals surface area contributed by atoms with E-state index >= 15 is 0 Å². The third-order valence-corrected chi connectivity index (χ3v) is 3.65. The summed E-state index contributed by atoms with van der Waals surface area (Å²) in [5.41, 5.74) is 0.685. The minimum Gasteiger partial charge on any atom is -0.384 e. The number of aliphatic hydroxyl groups excluding tert-OH is 1. The Morgan fingerprint density at radius 2 is 2.28 bits per heavy atom. The first-order valence-electron chi connectivity index (χ1n) is 6.08. The maximum absolute atomic E-state index is 12.1. The lowest BCUT2D eigenvalue weighted by Crippen LogP contribution is -2.37. The van der Waals surface area contributed by atoms with E-state index in [0.717, 1.165) is 6.42 Å². The maximum atomic E-state index is 12.1. The van der Waals surface area contributed by atoms with Gasteiger partial charge in [0.1, 0.15) is 11.5 Å². The summed E-state index contributed by atoms with van der Waals surface area (Å²) in [6.45, 7) is 6.05. The second-order valence-electron chi connectivity index (χ2n) is 4.36. The molecule has 1 aromatic heterocycles. The fraction of sp³-hybridized carbons (Fsp3) is 0.500. The molecule has 2 N–H and O–H groups in total. The molecule has 0 aliphatic heterocycles. The van der Waals surface area contributed by atoms with Crippen LogP contribution in [0, 0.1) is 17.8 Å². The van der Waals surface area contributed by atoms with Crippen LogP contribution in [0.5, 0.6) is 0 Å². The summed E-state index contributed by atoms with van der Waals surface area (Å²) in [5.74, 6) is 5.69. The van der Waals surface area contributed by atoms with E-state index in [1.54, 1.807) is 6.07 Å². The lowest BCUT2D eigenvalue weighted by Gasteiger charge is -2.20. The van der Waals surface area contributed by atoms with Crippen molar-refractivity contribution < 1.29 is 9.90 Å². The zero-order valence-electron chi connectivity index (χ0n) is 11.0. The van der Waals surface area contributed by atoms with Crippen molar-refractivity contribution in [2.45, 2.75) is 33.2 Å². The van der Waals surface area contributed by atoms with Gasteiger partial charge < -0.3 is 10.4 Å². The smallest absolute Gasteiger partial charge is 0.262 e. The van der Waals surface area contributed by atoms with Crippen molar-refractivity contribution in [3.8, 4) is 11.8 Å². The molecule has 0 aromatic carbocycles. The summed E-state index contributed by atoms with van der Waals surface area (Å²) >= 11 is 1.38. The molecule has 0 saturated carbocycles. The average Bonchev–Trinajstić information content (AvgIpc) is 2.80. The Labute approximate surface area is 112 Å². The van der Waals surface area contributed by atoms with Gasteiger partial charge in [-0.1, -0.05) is 32.6 Å². The molecule has 18 heavy (non-hydrogen) atoms. The van der Waals surface area contributed by atoms with Gasteiger partial charge in [0.05, 0.1) is 0 Å². The zero-order chi connectivity index (χ0) is 13.5. The number of rotatable bonds is 4. The summed E-state index contributed by atoms with van der Waals surface area (Å²) < 4.78 is 0. The number of aliphatic hydroxyl groups is 1. The Kier molecular flexibility index (Phi) is 5.90. The van der Waals surface area contributed by atoms with Gasteiger partial charge in [0.25, 0.3) is 5.91 Å². The van der Waals surface area contributed by atoms with Crippen LogP contribution >= 0.6 is 11.3 Å². The molecule has 0 bridgehead atoms. The molecule has 98 valence electrons. The minimum atomic E-state index is -0.194. The number of thiophene rings is 1. The number of carbonyl (C=O) groups excluding carboxylic acids is 1. The Morgan fingerprint density at radius 1 is 1.56 bits per heavy atom. The van der Waals surface area contributed by atoms with Gasteiger partial charge in [0.2, 0.25) is 0 Å². The van der Waals surface area contributed by atoms with Crippen LogP contribution in [0.4, 0.5) is 0 Å². The van der Waals surface area contributed by atoms with Gasteiger partial charge in [-0.05, 0) is 23.8 Å². The van der Waals surface area contributed by atoms with Crippen LogP contribution in [0.25, 0.3) is 0 Å². The van der Waals surface area contributed by atoms with Crippen molar-refractivity contribution in [1.29, 1.82) is 0 Å². The van der Waals surface area contributed by atoms with E-state index in [2.05, 4.69) is 37.9 Å². The van der Waals surface area contributed by atoms with Crippen molar-refractivity contribution in [3.05, 3.63) is 21.9 Å². The molecule has 1 amide bonds. The van der Waals surface area contributed by atoms with Crippen molar-refractivity contribution >= 4 is 17.2 Å². The van der Waals surface area contributed by atoms with E-state index in [1.807, 2.05) is 5.38 Å². The summed E-state index contributed by atoms with van der Waals surface area (Å²) in [6.07, 6.45) is 0.909. The molecule has 4 heteroatoms.